The number of pyridine rings is 1. The van der Waals surface area contributed by atoms with Gasteiger partial charge in [-0.1, -0.05) is 41.7 Å². The summed E-state index contributed by atoms with van der Waals surface area (Å²) in [6.07, 6.45) is 3.58. The summed E-state index contributed by atoms with van der Waals surface area (Å²) in [6.45, 7) is 0. The van der Waals surface area contributed by atoms with Gasteiger partial charge in [-0.25, -0.2) is 14.4 Å². The molecule has 0 spiro atoms. The highest BCUT2D eigenvalue weighted by Gasteiger charge is 2.47. The number of ether oxygens (including phenoxy) is 1. The van der Waals surface area contributed by atoms with E-state index in [9.17, 15) is 4.79 Å². The zero-order chi connectivity index (χ0) is 23.3. The van der Waals surface area contributed by atoms with E-state index in [1.54, 1.807) is 6.07 Å². The summed E-state index contributed by atoms with van der Waals surface area (Å²) < 4.78 is 19.8. The highest BCUT2D eigenvalue weighted by molar-refractivity contribution is 7.21. The number of hydrogen-bond donors (Lipinski definition) is 1. The van der Waals surface area contributed by atoms with Crippen LogP contribution in [0.2, 0.25) is 0 Å². The van der Waals surface area contributed by atoms with Gasteiger partial charge in [0.1, 0.15) is 21.2 Å². The van der Waals surface area contributed by atoms with Gasteiger partial charge in [0.15, 0.2) is 0 Å². The number of carbonyl (C=O) groups is 1. The fourth-order valence-corrected chi connectivity index (χ4v) is 5.85. The van der Waals surface area contributed by atoms with Crippen molar-refractivity contribution in [2.75, 3.05) is 12.4 Å². The van der Waals surface area contributed by atoms with Crippen LogP contribution < -0.4 is 5.32 Å². The Morgan fingerprint density at radius 1 is 1.09 bits per heavy atom. The molecule has 0 amide bonds. The molecule has 2 aromatic heterocycles. The molecule has 2 saturated carbocycles. The van der Waals surface area contributed by atoms with Crippen molar-refractivity contribution in [1.29, 1.82) is 0 Å². The third-order valence-electron chi connectivity index (χ3n) is 7.07. The van der Waals surface area contributed by atoms with Gasteiger partial charge in [0.25, 0.3) is 0 Å². The zero-order valence-corrected chi connectivity index (χ0v) is 19.6. The maximum absolute atomic E-state index is 15.0. The predicted octanol–water partition coefficient (Wildman–Crippen LogP) is 5.94. The first kappa shape index (κ1) is 21.2. The molecule has 0 saturated heterocycles. The van der Waals surface area contributed by atoms with E-state index in [1.807, 2.05) is 18.2 Å². The molecule has 7 heteroatoms. The predicted molar refractivity (Wildman–Crippen MR) is 131 cm³/mol. The molecular formula is C27H24FN3O2S. The zero-order valence-electron chi connectivity index (χ0n) is 18.8. The Morgan fingerprint density at radius 2 is 1.88 bits per heavy atom. The Hall–Kier alpha value is -3.32. The van der Waals surface area contributed by atoms with Crippen molar-refractivity contribution in [2.45, 2.75) is 37.1 Å². The molecule has 2 aliphatic carbocycles. The van der Waals surface area contributed by atoms with E-state index < -0.39 is 0 Å². The van der Waals surface area contributed by atoms with Gasteiger partial charge in [-0.05, 0) is 61.6 Å². The molecule has 5 nitrogen and oxygen atoms in total. The number of fused-ring (bicyclic) bond motifs is 1. The monoisotopic (exact) mass is 473 g/mol. The van der Waals surface area contributed by atoms with Crippen molar-refractivity contribution in [3.8, 4) is 10.6 Å². The second kappa shape index (κ2) is 8.17. The summed E-state index contributed by atoms with van der Waals surface area (Å²) in [5.74, 6) is -0.567. The van der Waals surface area contributed by atoms with Gasteiger partial charge in [-0.15, -0.1) is 0 Å². The third kappa shape index (κ3) is 3.64. The van der Waals surface area contributed by atoms with Crippen LogP contribution in [0.5, 0.6) is 0 Å². The summed E-state index contributed by atoms with van der Waals surface area (Å²) in [5.41, 5.74) is 4.32. The van der Waals surface area contributed by atoms with Crippen LogP contribution in [0.15, 0.2) is 60.7 Å². The molecule has 4 aromatic rings. The lowest BCUT2D eigenvalue weighted by atomic mass is 9.80. The van der Waals surface area contributed by atoms with E-state index in [4.69, 9.17) is 9.72 Å². The molecule has 0 unspecified atom stereocenters. The van der Waals surface area contributed by atoms with Gasteiger partial charge >= 0.3 is 5.97 Å². The number of hydrogen-bond acceptors (Lipinski definition) is 6. The SMILES string of the molecule is COC(=O)[C@H]1C[C@@H](Nc2ccc(-c3nc4ccc(C5(c6ccccc6)CC5)nc4s3)c(F)c2)C1. The van der Waals surface area contributed by atoms with Gasteiger partial charge < -0.3 is 10.1 Å². The second-order valence-electron chi connectivity index (χ2n) is 9.22. The second-order valence-corrected chi connectivity index (χ2v) is 10.2. The van der Waals surface area contributed by atoms with E-state index in [0.717, 1.165) is 28.9 Å². The van der Waals surface area contributed by atoms with Crippen LogP contribution in [0.25, 0.3) is 20.9 Å². The molecule has 2 aliphatic rings. The average Bonchev–Trinajstić information content (AvgIpc) is 3.54. The molecule has 0 atom stereocenters. The fourth-order valence-electron chi connectivity index (χ4n) is 4.88. The van der Waals surface area contributed by atoms with E-state index in [0.29, 0.717) is 29.1 Å². The van der Waals surface area contributed by atoms with E-state index in [-0.39, 0.29) is 29.2 Å². The van der Waals surface area contributed by atoms with E-state index in [2.05, 4.69) is 40.6 Å². The number of anilines is 1. The number of nitrogens with zero attached hydrogens (tertiary/aromatic N) is 2. The molecule has 172 valence electrons. The summed E-state index contributed by atoms with van der Waals surface area (Å²) in [4.78, 5) is 22.0. The lowest BCUT2D eigenvalue weighted by Crippen LogP contribution is -2.40. The molecule has 2 fully saturated rings. The van der Waals surface area contributed by atoms with Crippen LogP contribution in [0.3, 0.4) is 0 Å². The Kier molecular flexibility index (Phi) is 5.10. The number of benzene rings is 2. The maximum Gasteiger partial charge on any atom is 0.308 e. The Labute approximate surface area is 201 Å². The number of rotatable bonds is 6. The van der Waals surface area contributed by atoms with Gasteiger partial charge in [0.2, 0.25) is 0 Å². The number of nitrogens with one attached hydrogen (secondary N) is 1. The molecule has 2 aromatic carbocycles. The normalized spacial score (nSPS) is 20.5. The number of methoxy groups -OCH3 is 1. The molecule has 0 radical (unpaired) electrons. The standard InChI is InChI=1S/C27H24FN3O2S/c1-33-26(32)16-13-19(14-16)29-18-7-8-20(21(28)15-18)24-30-22-9-10-23(31-25(22)34-24)27(11-12-27)17-5-3-2-4-6-17/h2-10,15-16,19,29H,11-14H2,1H3/t16-,19+. The minimum Gasteiger partial charge on any atom is -0.469 e. The summed E-state index contributed by atoms with van der Waals surface area (Å²) in [7, 11) is 1.41. The van der Waals surface area contributed by atoms with Crippen molar-refractivity contribution in [3.63, 3.8) is 0 Å². The number of carbonyl (C=O) groups excluding carboxylic acids is 1. The van der Waals surface area contributed by atoms with Gasteiger partial charge in [0, 0.05) is 22.7 Å². The van der Waals surface area contributed by atoms with E-state index >= 15 is 4.39 Å². The number of halogens is 1. The van der Waals surface area contributed by atoms with Gasteiger partial charge in [-0.2, -0.15) is 0 Å². The lowest BCUT2D eigenvalue weighted by Gasteiger charge is -2.34. The average molecular weight is 474 g/mol. The van der Waals surface area contributed by atoms with Crippen molar-refractivity contribution in [3.05, 3.63) is 77.7 Å². The van der Waals surface area contributed by atoms with Crippen molar-refractivity contribution < 1.29 is 13.9 Å². The van der Waals surface area contributed by atoms with Gasteiger partial charge in [-0.3, -0.25) is 4.79 Å². The Bertz CT molecular complexity index is 1380. The summed E-state index contributed by atoms with van der Waals surface area (Å²) in [5, 5.41) is 3.93. The number of aromatic nitrogens is 2. The number of thiazole rings is 1. The van der Waals surface area contributed by atoms with Crippen LogP contribution in [0.1, 0.15) is 36.9 Å². The van der Waals surface area contributed by atoms with Crippen molar-refractivity contribution >= 4 is 33.3 Å². The van der Waals surface area contributed by atoms with Crippen LogP contribution in [0, 0.1) is 11.7 Å². The minimum atomic E-state index is -0.323. The van der Waals surface area contributed by atoms with Crippen molar-refractivity contribution in [2.24, 2.45) is 5.92 Å². The fraction of sp³-hybridized carbons (Fsp3) is 0.296. The first-order chi connectivity index (χ1) is 16.6. The molecular weight excluding hydrogens is 449 g/mol. The van der Waals surface area contributed by atoms with Crippen LogP contribution in [-0.2, 0) is 14.9 Å². The molecule has 0 aliphatic heterocycles. The quantitative estimate of drug-likeness (QED) is 0.351. The lowest BCUT2D eigenvalue weighted by molar-refractivity contribution is -0.148. The topological polar surface area (TPSA) is 64.1 Å². The van der Waals surface area contributed by atoms with E-state index in [1.165, 1.54) is 30.1 Å². The summed E-state index contributed by atoms with van der Waals surface area (Å²) >= 11 is 1.43. The molecule has 6 rings (SSSR count). The largest absolute Gasteiger partial charge is 0.469 e. The summed E-state index contributed by atoms with van der Waals surface area (Å²) in [6, 6.07) is 19.9. The Balaban J connectivity index is 1.22. The number of esters is 1. The molecule has 34 heavy (non-hydrogen) atoms. The smallest absolute Gasteiger partial charge is 0.308 e. The molecule has 2 heterocycles. The molecule has 0 bridgehead atoms. The first-order valence-corrected chi connectivity index (χ1v) is 12.4. The van der Waals surface area contributed by atoms with Crippen LogP contribution in [0.4, 0.5) is 10.1 Å². The highest BCUT2D eigenvalue weighted by Crippen LogP contribution is 2.53. The molecule has 1 N–H and O–H groups in total. The minimum absolute atomic E-state index is 0.00737. The highest BCUT2D eigenvalue weighted by atomic mass is 32.1. The maximum atomic E-state index is 15.0. The Morgan fingerprint density at radius 3 is 2.59 bits per heavy atom. The first-order valence-electron chi connectivity index (χ1n) is 11.5. The van der Waals surface area contributed by atoms with Crippen LogP contribution >= 0.6 is 11.3 Å². The van der Waals surface area contributed by atoms with Crippen LogP contribution in [-0.4, -0.2) is 29.1 Å². The van der Waals surface area contributed by atoms with Gasteiger partial charge in [0.05, 0.1) is 18.7 Å². The third-order valence-corrected chi connectivity index (χ3v) is 8.06. The van der Waals surface area contributed by atoms with Crippen molar-refractivity contribution in [1.82, 2.24) is 9.97 Å².